The highest BCUT2D eigenvalue weighted by atomic mass is 19.1. The van der Waals surface area contributed by atoms with Crippen molar-refractivity contribution in [1.82, 2.24) is 29.3 Å². The van der Waals surface area contributed by atoms with Gasteiger partial charge in [0.05, 0.1) is 17.6 Å². The maximum absolute atomic E-state index is 15.8. The van der Waals surface area contributed by atoms with Gasteiger partial charge in [0.2, 0.25) is 5.95 Å². The predicted octanol–water partition coefficient (Wildman–Crippen LogP) is 3.11. The molecule has 2 saturated heterocycles. The summed E-state index contributed by atoms with van der Waals surface area (Å²) in [5.41, 5.74) is 5.93. The van der Waals surface area contributed by atoms with Crippen molar-refractivity contribution in [1.29, 1.82) is 0 Å². The van der Waals surface area contributed by atoms with Crippen LogP contribution in [0.2, 0.25) is 0 Å². The monoisotopic (exact) mass is 499 g/mol. The summed E-state index contributed by atoms with van der Waals surface area (Å²) in [6.07, 6.45) is 4.96. The maximum atomic E-state index is 15.8. The molecule has 0 radical (unpaired) electrons. The second kappa shape index (κ2) is 9.96. The number of likely N-dealkylation sites (tertiary alicyclic amines) is 2. The third-order valence-corrected chi connectivity index (χ3v) is 7.17. The lowest BCUT2D eigenvalue weighted by Crippen LogP contribution is -2.53. The molecule has 2 fully saturated rings. The number of nitrogens with two attached hydrogens (primary N) is 1. The fraction of sp³-hybridized carbons (Fsp3) is 0.520. The van der Waals surface area contributed by atoms with E-state index in [2.05, 4.69) is 19.9 Å². The smallest absolute Gasteiger partial charge is 0.297 e. The summed E-state index contributed by atoms with van der Waals surface area (Å²) in [6, 6.07) is 4.99. The lowest BCUT2D eigenvalue weighted by Gasteiger charge is -2.40. The van der Waals surface area contributed by atoms with Crippen molar-refractivity contribution >= 4 is 22.9 Å². The van der Waals surface area contributed by atoms with E-state index in [1.807, 2.05) is 11.5 Å². The van der Waals surface area contributed by atoms with Gasteiger partial charge in [-0.15, -0.1) is 0 Å². The summed E-state index contributed by atoms with van der Waals surface area (Å²) in [5.74, 6) is -0.547. The molecule has 0 bridgehead atoms. The van der Waals surface area contributed by atoms with E-state index in [-0.39, 0.29) is 30.6 Å². The summed E-state index contributed by atoms with van der Waals surface area (Å²) in [4.78, 5) is 29.4. The molecule has 11 heteroatoms. The van der Waals surface area contributed by atoms with Crippen LogP contribution in [0, 0.1) is 5.82 Å². The average molecular weight is 500 g/mol. The Morgan fingerprint density at radius 2 is 1.86 bits per heavy atom. The number of hydrogen-bond donors (Lipinski definition) is 1. The fourth-order valence-corrected chi connectivity index (χ4v) is 5.23. The van der Waals surface area contributed by atoms with Crippen molar-refractivity contribution < 1.29 is 18.3 Å². The van der Waals surface area contributed by atoms with Gasteiger partial charge in [0.1, 0.15) is 5.82 Å². The largest absolute Gasteiger partial charge is 0.465 e. The van der Waals surface area contributed by atoms with Gasteiger partial charge < -0.3 is 15.4 Å². The number of imidazole rings is 1. The van der Waals surface area contributed by atoms with Gasteiger partial charge in [-0.25, -0.2) is 18.7 Å². The molecule has 0 saturated carbocycles. The molecule has 192 valence electrons. The standard InChI is InChI=1S/C25H31F2N7O2/c1-2-36-24-31-20-13-18(26)3-4-21(20)34(24)19-5-9-33(10-6-19)22(35)25(27)7-11-32(12-8-25)16-17-14-29-23(28)30-15-17/h3-4,13-15,19H,2,5-12,16H2,1H3,(H2,28,29,30). The number of benzene rings is 1. The van der Waals surface area contributed by atoms with E-state index in [9.17, 15) is 9.18 Å². The highest BCUT2D eigenvalue weighted by molar-refractivity contribution is 5.85. The van der Waals surface area contributed by atoms with Gasteiger partial charge in [-0.2, -0.15) is 4.98 Å². The van der Waals surface area contributed by atoms with Crippen LogP contribution in [0.5, 0.6) is 6.01 Å². The number of fused-ring (bicyclic) bond motifs is 1. The van der Waals surface area contributed by atoms with Crippen molar-refractivity contribution in [2.24, 2.45) is 0 Å². The number of alkyl halides is 1. The van der Waals surface area contributed by atoms with Gasteiger partial charge in [0.15, 0.2) is 5.67 Å². The number of rotatable bonds is 6. The zero-order chi connectivity index (χ0) is 25.3. The number of amides is 1. The number of aromatic nitrogens is 4. The zero-order valence-electron chi connectivity index (χ0n) is 20.4. The topological polar surface area (TPSA) is 102 Å². The van der Waals surface area contributed by atoms with Crippen molar-refractivity contribution in [3.63, 3.8) is 0 Å². The molecular weight excluding hydrogens is 468 g/mol. The normalized spacial score (nSPS) is 19.0. The first-order valence-corrected chi connectivity index (χ1v) is 12.4. The van der Waals surface area contributed by atoms with Gasteiger partial charge >= 0.3 is 0 Å². The number of anilines is 1. The van der Waals surface area contributed by atoms with Crippen LogP contribution in [0.15, 0.2) is 30.6 Å². The molecule has 2 aliphatic rings. The maximum Gasteiger partial charge on any atom is 0.297 e. The Morgan fingerprint density at radius 3 is 2.53 bits per heavy atom. The van der Waals surface area contributed by atoms with E-state index >= 15 is 4.39 Å². The molecule has 0 aliphatic carbocycles. The third kappa shape index (κ3) is 4.84. The summed E-state index contributed by atoms with van der Waals surface area (Å²) in [5, 5.41) is 0. The van der Waals surface area contributed by atoms with Crippen molar-refractivity contribution in [3.8, 4) is 6.01 Å². The first kappa shape index (κ1) is 24.4. The Hall–Kier alpha value is -3.34. The second-order valence-corrected chi connectivity index (χ2v) is 9.54. The summed E-state index contributed by atoms with van der Waals surface area (Å²) >= 11 is 0. The lowest BCUT2D eigenvalue weighted by molar-refractivity contribution is -0.148. The van der Waals surface area contributed by atoms with Crippen molar-refractivity contribution in [2.45, 2.75) is 50.9 Å². The molecule has 0 atom stereocenters. The van der Waals surface area contributed by atoms with Crippen LogP contribution in [0.1, 0.15) is 44.2 Å². The predicted molar refractivity (Wildman–Crippen MR) is 131 cm³/mol. The molecule has 2 N–H and O–H groups in total. The molecule has 5 rings (SSSR count). The van der Waals surface area contributed by atoms with Crippen LogP contribution in [0.3, 0.4) is 0 Å². The number of ether oxygens (including phenoxy) is 1. The van der Waals surface area contributed by atoms with Gasteiger partial charge in [-0.05, 0) is 31.9 Å². The Morgan fingerprint density at radius 1 is 1.17 bits per heavy atom. The third-order valence-electron chi connectivity index (χ3n) is 7.17. The number of carbonyl (C=O) groups is 1. The van der Waals surface area contributed by atoms with E-state index in [0.29, 0.717) is 63.7 Å². The Bertz CT molecular complexity index is 1220. The molecule has 0 unspecified atom stereocenters. The van der Waals surface area contributed by atoms with E-state index in [1.165, 1.54) is 12.1 Å². The average Bonchev–Trinajstić information content (AvgIpc) is 3.23. The summed E-state index contributed by atoms with van der Waals surface area (Å²) < 4.78 is 37.2. The molecule has 0 spiro atoms. The number of nitrogens with zero attached hydrogens (tertiary/aromatic N) is 6. The number of halogens is 2. The number of carbonyl (C=O) groups excluding carboxylic acids is 1. The molecule has 3 aromatic rings. The minimum atomic E-state index is -1.85. The van der Waals surface area contributed by atoms with Crippen LogP contribution in [-0.2, 0) is 11.3 Å². The molecular formula is C25H31F2N7O2. The van der Waals surface area contributed by atoms with Crippen LogP contribution in [0.25, 0.3) is 11.0 Å². The SMILES string of the molecule is CCOc1nc2cc(F)ccc2n1C1CCN(C(=O)C2(F)CCN(Cc3cnc(N)nc3)CC2)CC1. The van der Waals surface area contributed by atoms with Crippen molar-refractivity contribution in [3.05, 3.63) is 42.0 Å². The molecule has 4 heterocycles. The number of nitrogen functional groups attached to an aromatic ring is 1. The minimum absolute atomic E-state index is 0.0330. The van der Waals surface area contributed by atoms with Crippen LogP contribution < -0.4 is 10.5 Å². The van der Waals surface area contributed by atoms with Gasteiger partial charge in [-0.1, -0.05) is 0 Å². The molecule has 2 aliphatic heterocycles. The van der Waals surface area contributed by atoms with Crippen LogP contribution >= 0.6 is 0 Å². The van der Waals surface area contributed by atoms with Gasteiger partial charge in [-0.3, -0.25) is 14.3 Å². The van der Waals surface area contributed by atoms with Crippen LogP contribution in [0.4, 0.5) is 14.7 Å². The Kier molecular flexibility index (Phi) is 6.74. The molecule has 1 amide bonds. The molecule has 36 heavy (non-hydrogen) atoms. The quantitative estimate of drug-likeness (QED) is 0.556. The van der Waals surface area contributed by atoms with Crippen molar-refractivity contribution in [2.75, 3.05) is 38.5 Å². The second-order valence-electron chi connectivity index (χ2n) is 9.54. The zero-order valence-corrected chi connectivity index (χ0v) is 20.4. The van der Waals surface area contributed by atoms with Gasteiger partial charge in [0.25, 0.3) is 11.9 Å². The number of hydrogen-bond acceptors (Lipinski definition) is 7. The van der Waals surface area contributed by atoms with E-state index in [0.717, 1.165) is 11.1 Å². The number of piperidine rings is 2. The Balaban J connectivity index is 1.20. The Labute approximate surface area is 208 Å². The lowest BCUT2D eigenvalue weighted by atomic mass is 9.90. The first-order valence-electron chi connectivity index (χ1n) is 12.4. The van der Waals surface area contributed by atoms with E-state index in [4.69, 9.17) is 10.5 Å². The minimum Gasteiger partial charge on any atom is -0.465 e. The van der Waals surface area contributed by atoms with Gasteiger partial charge in [0, 0.05) is 75.6 Å². The molecule has 1 aromatic carbocycles. The highest BCUT2D eigenvalue weighted by Gasteiger charge is 2.45. The fourth-order valence-electron chi connectivity index (χ4n) is 5.23. The molecule has 9 nitrogen and oxygen atoms in total. The highest BCUT2D eigenvalue weighted by Crippen LogP contribution is 2.35. The molecule has 2 aromatic heterocycles. The van der Waals surface area contributed by atoms with E-state index in [1.54, 1.807) is 23.4 Å². The first-order chi connectivity index (χ1) is 17.4. The van der Waals surface area contributed by atoms with E-state index < -0.39 is 11.6 Å². The summed E-state index contributed by atoms with van der Waals surface area (Å²) in [6.45, 7) is 4.79. The van der Waals surface area contributed by atoms with Crippen LogP contribution in [-0.4, -0.2) is 73.7 Å². The summed E-state index contributed by atoms with van der Waals surface area (Å²) in [7, 11) is 0.